The summed E-state index contributed by atoms with van der Waals surface area (Å²) in [5.41, 5.74) is 0. The van der Waals surface area contributed by atoms with Crippen LogP contribution in [0.5, 0.6) is 0 Å². The first-order chi connectivity index (χ1) is 8.92. The predicted octanol–water partition coefficient (Wildman–Crippen LogP) is 2.71. The fourth-order valence-electron chi connectivity index (χ4n) is 1.90. The van der Waals surface area contributed by atoms with Gasteiger partial charge in [0.15, 0.2) is 0 Å². The van der Waals surface area contributed by atoms with Crippen LogP contribution in [-0.2, 0) is 4.79 Å². The molecule has 0 rings (SSSR count). The van der Waals surface area contributed by atoms with Gasteiger partial charge < -0.3 is 15.3 Å². The van der Waals surface area contributed by atoms with Crippen LogP contribution in [0.3, 0.4) is 0 Å². The largest absolute Gasteiger partial charge is 0.481 e. The van der Waals surface area contributed by atoms with Crippen molar-refractivity contribution in [2.75, 3.05) is 13.1 Å². The van der Waals surface area contributed by atoms with Crippen molar-refractivity contribution in [2.24, 2.45) is 5.92 Å². The third-order valence-corrected chi connectivity index (χ3v) is 3.23. The lowest BCUT2D eigenvalue weighted by Crippen LogP contribution is -2.44. The van der Waals surface area contributed by atoms with Crippen molar-refractivity contribution in [3.05, 3.63) is 0 Å². The molecular formula is C14H28N2O3. The molecule has 0 aliphatic carbocycles. The van der Waals surface area contributed by atoms with Gasteiger partial charge >= 0.3 is 12.0 Å². The van der Waals surface area contributed by atoms with Crippen molar-refractivity contribution < 1.29 is 14.7 Å². The highest BCUT2D eigenvalue weighted by atomic mass is 16.4. The first-order valence-corrected chi connectivity index (χ1v) is 7.20. The number of carbonyl (C=O) groups excluding carboxylic acids is 1. The van der Waals surface area contributed by atoms with Gasteiger partial charge in [-0.1, -0.05) is 20.3 Å². The molecule has 0 aromatic carbocycles. The van der Waals surface area contributed by atoms with E-state index in [2.05, 4.69) is 5.32 Å². The number of hydrogen-bond acceptors (Lipinski definition) is 2. The van der Waals surface area contributed by atoms with Gasteiger partial charge in [-0.25, -0.2) is 4.79 Å². The van der Waals surface area contributed by atoms with Crippen LogP contribution < -0.4 is 5.32 Å². The topological polar surface area (TPSA) is 69.6 Å². The van der Waals surface area contributed by atoms with Gasteiger partial charge in [0.25, 0.3) is 0 Å². The smallest absolute Gasteiger partial charge is 0.317 e. The molecular weight excluding hydrogens is 244 g/mol. The van der Waals surface area contributed by atoms with Crippen LogP contribution in [0.4, 0.5) is 4.79 Å². The number of hydrogen-bond donors (Lipinski definition) is 2. The highest BCUT2D eigenvalue weighted by molar-refractivity contribution is 5.74. The first-order valence-electron chi connectivity index (χ1n) is 7.20. The van der Waals surface area contributed by atoms with Gasteiger partial charge in [-0.15, -0.1) is 0 Å². The van der Waals surface area contributed by atoms with E-state index in [0.717, 1.165) is 25.8 Å². The average Bonchev–Trinajstić information content (AvgIpc) is 2.35. The van der Waals surface area contributed by atoms with Gasteiger partial charge in [-0.2, -0.15) is 0 Å². The van der Waals surface area contributed by atoms with Crippen molar-refractivity contribution in [1.82, 2.24) is 10.2 Å². The normalized spacial score (nSPS) is 13.7. The van der Waals surface area contributed by atoms with Crippen LogP contribution in [0.1, 0.15) is 53.4 Å². The minimum Gasteiger partial charge on any atom is -0.481 e. The molecule has 5 heteroatoms. The summed E-state index contributed by atoms with van der Waals surface area (Å²) in [7, 11) is 0. The Bertz CT molecular complexity index is 282. The number of carboxylic acid groups (broad SMARTS) is 1. The fourth-order valence-corrected chi connectivity index (χ4v) is 1.90. The molecule has 0 bridgehead atoms. The highest BCUT2D eigenvalue weighted by Gasteiger charge is 2.14. The third kappa shape index (κ3) is 7.70. The highest BCUT2D eigenvalue weighted by Crippen LogP contribution is 2.09. The number of nitrogens with one attached hydrogen (secondary N) is 1. The number of carbonyl (C=O) groups is 2. The van der Waals surface area contributed by atoms with E-state index in [1.807, 2.05) is 20.8 Å². The quantitative estimate of drug-likeness (QED) is 0.678. The van der Waals surface area contributed by atoms with E-state index < -0.39 is 5.97 Å². The van der Waals surface area contributed by atoms with Gasteiger partial charge in [0.2, 0.25) is 0 Å². The lowest BCUT2D eigenvalue weighted by molar-refractivity contribution is -0.141. The lowest BCUT2D eigenvalue weighted by Gasteiger charge is -2.23. The Morgan fingerprint density at radius 2 is 1.84 bits per heavy atom. The van der Waals surface area contributed by atoms with Gasteiger partial charge in [0, 0.05) is 19.1 Å². The number of rotatable bonds is 9. The summed E-state index contributed by atoms with van der Waals surface area (Å²) in [6.07, 6.45) is 3.23. The van der Waals surface area contributed by atoms with Crippen LogP contribution in [0.2, 0.25) is 0 Å². The Labute approximate surface area is 116 Å². The molecule has 2 N–H and O–H groups in total. The van der Waals surface area contributed by atoms with Gasteiger partial charge in [-0.3, -0.25) is 4.79 Å². The second-order valence-electron chi connectivity index (χ2n) is 5.10. The minimum absolute atomic E-state index is 0.0249. The Balaban J connectivity index is 3.93. The van der Waals surface area contributed by atoms with E-state index in [1.165, 1.54) is 0 Å². The molecule has 0 heterocycles. The molecule has 0 radical (unpaired) electrons. The molecule has 19 heavy (non-hydrogen) atoms. The van der Waals surface area contributed by atoms with E-state index >= 15 is 0 Å². The summed E-state index contributed by atoms with van der Waals surface area (Å²) < 4.78 is 0. The molecule has 0 fully saturated rings. The molecule has 112 valence electrons. The average molecular weight is 272 g/mol. The SMILES string of the molecule is CCCN(CC)C(=O)NC(C)CCCC(C)C(=O)O. The van der Waals surface area contributed by atoms with Crippen molar-refractivity contribution in [1.29, 1.82) is 0 Å². The molecule has 2 atom stereocenters. The second-order valence-corrected chi connectivity index (χ2v) is 5.10. The molecule has 0 saturated heterocycles. The third-order valence-electron chi connectivity index (χ3n) is 3.23. The standard InChI is InChI=1S/C14H28N2O3/c1-5-10-16(6-2)14(19)15-12(4)9-7-8-11(3)13(17)18/h11-12H,5-10H2,1-4H3,(H,15,19)(H,17,18). The van der Waals surface area contributed by atoms with Crippen molar-refractivity contribution in [2.45, 2.75) is 59.4 Å². The van der Waals surface area contributed by atoms with Crippen molar-refractivity contribution in [3.63, 3.8) is 0 Å². The van der Waals surface area contributed by atoms with E-state index in [9.17, 15) is 9.59 Å². The van der Waals surface area contributed by atoms with Crippen LogP contribution in [0.25, 0.3) is 0 Å². The maximum atomic E-state index is 11.9. The summed E-state index contributed by atoms with van der Waals surface area (Å²) in [5.74, 6) is -1.06. The summed E-state index contributed by atoms with van der Waals surface area (Å²) in [6.45, 7) is 9.17. The molecule has 0 aromatic rings. The number of amides is 2. The van der Waals surface area contributed by atoms with E-state index in [-0.39, 0.29) is 18.0 Å². The molecule has 2 unspecified atom stereocenters. The molecule has 0 aromatic heterocycles. The number of urea groups is 1. The predicted molar refractivity (Wildman–Crippen MR) is 76.2 cm³/mol. The Morgan fingerprint density at radius 1 is 1.21 bits per heavy atom. The Hall–Kier alpha value is -1.26. The zero-order chi connectivity index (χ0) is 14.8. The maximum absolute atomic E-state index is 11.9. The van der Waals surface area contributed by atoms with Crippen LogP contribution in [-0.4, -0.2) is 41.1 Å². The van der Waals surface area contributed by atoms with E-state index in [0.29, 0.717) is 13.0 Å². The van der Waals surface area contributed by atoms with Gasteiger partial charge in [0.1, 0.15) is 0 Å². The van der Waals surface area contributed by atoms with E-state index in [1.54, 1.807) is 11.8 Å². The van der Waals surface area contributed by atoms with Crippen LogP contribution in [0.15, 0.2) is 0 Å². The fraction of sp³-hybridized carbons (Fsp3) is 0.857. The van der Waals surface area contributed by atoms with Crippen LogP contribution >= 0.6 is 0 Å². The number of nitrogens with zero attached hydrogens (tertiary/aromatic N) is 1. The second kappa shape index (κ2) is 9.64. The number of carboxylic acids is 1. The zero-order valence-corrected chi connectivity index (χ0v) is 12.6. The molecule has 0 aliphatic heterocycles. The molecule has 2 amide bonds. The zero-order valence-electron chi connectivity index (χ0n) is 12.6. The maximum Gasteiger partial charge on any atom is 0.317 e. The summed E-state index contributed by atoms with van der Waals surface area (Å²) >= 11 is 0. The van der Waals surface area contributed by atoms with E-state index in [4.69, 9.17) is 5.11 Å². The van der Waals surface area contributed by atoms with Crippen molar-refractivity contribution in [3.8, 4) is 0 Å². The minimum atomic E-state index is -0.753. The number of aliphatic carboxylic acids is 1. The summed E-state index contributed by atoms with van der Waals surface area (Å²) in [5, 5.41) is 11.7. The van der Waals surface area contributed by atoms with Crippen LogP contribution in [0, 0.1) is 5.92 Å². The summed E-state index contributed by atoms with van der Waals surface area (Å²) in [4.78, 5) is 24.4. The molecule has 0 aliphatic rings. The molecule has 5 nitrogen and oxygen atoms in total. The van der Waals surface area contributed by atoms with Crippen molar-refractivity contribution >= 4 is 12.0 Å². The van der Waals surface area contributed by atoms with Gasteiger partial charge in [-0.05, 0) is 33.1 Å². The molecule has 0 saturated carbocycles. The summed E-state index contributed by atoms with van der Waals surface area (Å²) in [6, 6.07) is 0.0579. The van der Waals surface area contributed by atoms with Gasteiger partial charge in [0.05, 0.1) is 5.92 Å². The first kappa shape index (κ1) is 17.7. The lowest BCUT2D eigenvalue weighted by atomic mass is 10.0. The Morgan fingerprint density at radius 3 is 2.32 bits per heavy atom. The molecule has 0 spiro atoms. The Kier molecular flexibility index (Phi) is 9.00. The monoisotopic (exact) mass is 272 g/mol.